The van der Waals surface area contributed by atoms with Gasteiger partial charge in [-0.25, -0.2) is 9.97 Å². The summed E-state index contributed by atoms with van der Waals surface area (Å²) in [6.07, 6.45) is 5.16. The van der Waals surface area contributed by atoms with Crippen LogP contribution in [0.2, 0.25) is 0 Å². The second-order valence-electron chi connectivity index (χ2n) is 4.12. The third kappa shape index (κ3) is 4.59. The molecular weight excluding hydrogens is 212 g/mol. The van der Waals surface area contributed by atoms with E-state index in [-0.39, 0.29) is 0 Å². The zero-order chi connectivity index (χ0) is 12.5. The second-order valence-corrected chi connectivity index (χ2v) is 4.12. The van der Waals surface area contributed by atoms with Crippen LogP contribution in [-0.2, 0) is 0 Å². The minimum atomic E-state index is 0.923. The molecule has 0 spiro atoms. The van der Waals surface area contributed by atoms with Gasteiger partial charge < -0.3 is 10.2 Å². The molecule has 96 valence electrons. The molecular formula is C13H24N4. The first-order chi connectivity index (χ1) is 8.31. The summed E-state index contributed by atoms with van der Waals surface area (Å²) in [4.78, 5) is 10.9. The predicted octanol–water partition coefficient (Wildman–Crippen LogP) is 2.92. The Morgan fingerprint density at radius 2 is 2.00 bits per heavy atom. The molecule has 0 bridgehead atoms. The highest BCUT2D eigenvalue weighted by atomic mass is 15.2. The molecule has 0 saturated carbocycles. The molecule has 1 aromatic heterocycles. The fraction of sp³-hybridized carbons (Fsp3) is 0.692. The van der Waals surface area contributed by atoms with Crippen molar-refractivity contribution in [3.63, 3.8) is 0 Å². The monoisotopic (exact) mass is 236 g/mol. The minimum absolute atomic E-state index is 0.923. The molecule has 0 amide bonds. The summed E-state index contributed by atoms with van der Waals surface area (Å²) in [7, 11) is 0. The van der Waals surface area contributed by atoms with Gasteiger partial charge in [0.2, 0.25) is 0 Å². The van der Waals surface area contributed by atoms with Gasteiger partial charge in [-0.15, -0.1) is 0 Å². The van der Waals surface area contributed by atoms with E-state index in [1.807, 2.05) is 6.07 Å². The Labute approximate surface area is 104 Å². The van der Waals surface area contributed by atoms with Crippen LogP contribution in [0, 0.1) is 0 Å². The topological polar surface area (TPSA) is 41.0 Å². The van der Waals surface area contributed by atoms with E-state index >= 15 is 0 Å². The Morgan fingerprint density at radius 1 is 1.18 bits per heavy atom. The third-order valence-electron chi connectivity index (χ3n) is 2.70. The number of hydrogen-bond donors (Lipinski definition) is 1. The van der Waals surface area contributed by atoms with E-state index in [1.165, 1.54) is 12.8 Å². The molecule has 4 heteroatoms. The summed E-state index contributed by atoms with van der Waals surface area (Å²) in [6, 6.07) is 2.04. The van der Waals surface area contributed by atoms with Crippen molar-refractivity contribution in [1.29, 1.82) is 0 Å². The van der Waals surface area contributed by atoms with Gasteiger partial charge in [0.1, 0.15) is 18.0 Å². The lowest BCUT2D eigenvalue weighted by Crippen LogP contribution is -2.25. The van der Waals surface area contributed by atoms with Crippen LogP contribution in [0.25, 0.3) is 0 Å². The molecule has 0 aromatic carbocycles. The minimum Gasteiger partial charge on any atom is -0.370 e. The molecule has 17 heavy (non-hydrogen) atoms. The molecule has 0 saturated heterocycles. The first-order valence-electron chi connectivity index (χ1n) is 6.62. The summed E-state index contributed by atoms with van der Waals surface area (Å²) in [5, 5.41) is 3.29. The van der Waals surface area contributed by atoms with E-state index in [2.05, 4.69) is 41.0 Å². The highest BCUT2D eigenvalue weighted by Crippen LogP contribution is 2.14. The Hall–Kier alpha value is -1.32. The number of nitrogens with zero attached hydrogens (tertiary/aromatic N) is 3. The zero-order valence-electron chi connectivity index (χ0n) is 11.2. The van der Waals surface area contributed by atoms with Crippen molar-refractivity contribution >= 4 is 11.6 Å². The fourth-order valence-electron chi connectivity index (χ4n) is 1.65. The van der Waals surface area contributed by atoms with Crippen molar-refractivity contribution in [2.75, 3.05) is 29.9 Å². The third-order valence-corrected chi connectivity index (χ3v) is 2.70. The van der Waals surface area contributed by atoms with Gasteiger partial charge in [0.15, 0.2) is 0 Å². The Bertz CT molecular complexity index is 314. The van der Waals surface area contributed by atoms with E-state index in [0.717, 1.165) is 37.7 Å². The number of anilines is 2. The molecule has 0 aliphatic carbocycles. The van der Waals surface area contributed by atoms with E-state index < -0.39 is 0 Å². The smallest absolute Gasteiger partial charge is 0.134 e. The predicted molar refractivity (Wildman–Crippen MR) is 73.6 cm³/mol. The zero-order valence-corrected chi connectivity index (χ0v) is 11.2. The molecule has 1 N–H and O–H groups in total. The quantitative estimate of drug-likeness (QED) is 0.753. The van der Waals surface area contributed by atoms with Crippen LogP contribution in [0.3, 0.4) is 0 Å². The number of nitrogens with one attached hydrogen (secondary N) is 1. The van der Waals surface area contributed by atoms with Gasteiger partial charge in [0.05, 0.1) is 0 Å². The normalized spacial score (nSPS) is 10.3. The molecule has 4 nitrogen and oxygen atoms in total. The van der Waals surface area contributed by atoms with Gasteiger partial charge in [-0.1, -0.05) is 20.3 Å². The Balaban J connectivity index is 2.66. The lowest BCUT2D eigenvalue weighted by molar-refractivity contribution is 0.723. The maximum absolute atomic E-state index is 4.35. The van der Waals surface area contributed by atoms with E-state index in [4.69, 9.17) is 0 Å². The van der Waals surface area contributed by atoms with E-state index in [0.29, 0.717) is 0 Å². The van der Waals surface area contributed by atoms with Crippen LogP contribution >= 0.6 is 0 Å². The molecule has 1 heterocycles. The lowest BCUT2D eigenvalue weighted by Gasteiger charge is -2.21. The number of hydrogen-bond acceptors (Lipinski definition) is 4. The van der Waals surface area contributed by atoms with Crippen LogP contribution in [0.4, 0.5) is 11.6 Å². The van der Waals surface area contributed by atoms with Crippen molar-refractivity contribution in [3.05, 3.63) is 12.4 Å². The lowest BCUT2D eigenvalue weighted by atomic mass is 10.3. The summed E-state index contributed by atoms with van der Waals surface area (Å²) in [5.41, 5.74) is 0. The summed E-state index contributed by atoms with van der Waals surface area (Å²) >= 11 is 0. The molecule has 0 unspecified atom stereocenters. The molecule has 0 atom stereocenters. The van der Waals surface area contributed by atoms with Crippen molar-refractivity contribution in [1.82, 2.24) is 9.97 Å². The SMILES string of the molecule is CCCCN(CC)c1cc(NCCC)ncn1. The van der Waals surface area contributed by atoms with Crippen LogP contribution < -0.4 is 10.2 Å². The van der Waals surface area contributed by atoms with Gasteiger partial charge in [0, 0.05) is 25.7 Å². The van der Waals surface area contributed by atoms with Gasteiger partial charge >= 0.3 is 0 Å². The van der Waals surface area contributed by atoms with Crippen molar-refractivity contribution < 1.29 is 0 Å². The van der Waals surface area contributed by atoms with Gasteiger partial charge in [-0.2, -0.15) is 0 Å². The molecule has 1 aromatic rings. The van der Waals surface area contributed by atoms with Crippen molar-refractivity contribution in [3.8, 4) is 0 Å². The highest BCUT2D eigenvalue weighted by Gasteiger charge is 2.06. The average molecular weight is 236 g/mol. The van der Waals surface area contributed by atoms with Crippen LogP contribution in [-0.4, -0.2) is 29.6 Å². The average Bonchev–Trinajstić information content (AvgIpc) is 2.38. The molecule has 0 aliphatic heterocycles. The second kappa shape index (κ2) is 7.87. The molecule has 0 radical (unpaired) electrons. The number of aromatic nitrogens is 2. The van der Waals surface area contributed by atoms with Crippen LogP contribution in [0.15, 0.2) is 12.4 Å². The summed E-state index contributed by atoms with van der Waals surface area (Å²) in [6.45, 7) is 9.53. The van der Waals surface area contributed by atoms with Crippen LogP contribution in [0.5, 0.6) is 0 Å². The maximum Gasteiger partial charge on any atom is 0.134 e. The fourth-order valence-corrected chi connectivity index (χ4v) is 1.65. The molecule has 0 aliphatic rings. The van der Waals surface area contributed by atoms with Gasteiger partial charge in [-0.05, 0) is 19.8 Å². The van der Waals surface area contributed by atoms with Crippen LogP contribution in [0.1, 0.15) is 40.0 Å². The molecule has 0 fully saturated rings. The van der Waals surface area contributed by atoms with Gasteiger partial charge in [0.25, 0.3) is 0 Å². The number of unbranched alkanes of at least 4 members (excludes halogenated alkanes) is 1. The first kappa shape index (κ1) is 13.7. The van der Waals surface area contributed by atoms with E-state index in [9.17, 15) is 0 Å². The first-order valence-corrected chi connectivity index (χ1v) is 6.62. The summed E-state index contributed by atoms with van der Waals surface area (Å²) < 4.78 is 0. The molecule has 1 rings (SSSR count). The van der Waals surface area contributed by atoms with Gasteiger partial charge in [-0.3, -0.25) is 0 Å². The summed E-state index contributed by atoms with van der Waals surface area (Å²) in [5.74, 6) is 1.95. The Morgan fingerprint density at radius 3 is 2.65 bits per heavy atom. The van der Waals surface area contributed by atoms with Crippen molar-refractivity contribution in [2.24, 2.45) is 0 Å². The standard InChI is InChI=1S/C13H24N4/c1-4-7-9-17(6-3)13-10-12(14-8-5-2)15-11-16-13/h10-11H,4-9H2,1-3H3,(H,14,15,16). The largest absolute Gasteiger partial charge is 0.370 e. The van der Waals surface area contributed by atoms with E-state index in [1.54, 1.807) is 6.33 Å². The highest BCUT2D eigenvalue weighted by molar-refractivity contribution is 5.48. The Kier molecular flexibility index (Phi) is 6.37. The maximum atomic E-state index is 4.35. The van der Waals surface area contributed by atoms with Crippen molar-refractivity contribution in [2.45, 2.75) is 40.0 Å². The number of rotatable bonds is 8.